The Labute approximate surface area is 180 Å². The van der Waals surface area contributed by atoms with Crippen LogP contribution in [0.1, 0.15) is 34.1 Å². The quantitative estimate of drug-likeness (QED) is 0.505. The number of carbonyl (C=O) groups is 2. The lowest BCUT2D eigenvalue weighted by atomic mass is 10.0. The van der Waals surface area contributed by atoms with Crippen molar-refractivity contribution in [2.75, 3.05) is 13.2 Å². The van der Waals surface area contributed by atoms with E-state index < -0.39 is 8.32 Å². The van der Waals surface area contributed by atoms with Crippen LogP contribution in [-0.2, 0) is 18.8 Å². The van der Waals surface area contributed by atoms with Gasteiger partial charge in [-0.2, -0.15) is 0 Å². The van der Waals surface area contributed by atoms with Crippen LogP contribution in [0.2, 0.25) is 5.04 Å². The number of hydrogen-bond donors (Lipinski definition) is 0. The Morgan fingerprint density at radius 2 is 1.53 bits per heavy atom. The summed E-state index contributed by atoms with van der Waals surface area (Å²) in [6.45, 7) is 8.64. The van der Waals surface area contributed by atoms with Crippen LogP contribution < -0.4 is 10.4 Å². The highest BCUT2D eigenvalue weighted by atomic mass is 28.4. The van der Waals surface area contributed by atoms with Gasteiger partial charge in [0.1, 0.15) is 6.61 Å². The first kappa shape index (κ1) is 22.2. The first-order valence-corrected chi connectivity index (χ1v) is 12.3. The Kier molecular flexibility index (Phi) is 6.73. The van der Waals surface area contributed by atoms with E-state index in [0.717, 1.165) is 5.57 Å². The van der Waals surface area contributed by atoms with Gasteiger partial charge in [-0.3, -0.25) is 9.59 Å². The Morgan fingerprint density at radius 1 is 1.00 bits per heavy atom. The number of ketones is 1. The third-order valence-corrected chi connectivity index (χ3v) is 10.7. The molecule has 0 radical (unpaired) electrons. The average Bonchev–Trinajstić information content (AvgIpc) is 3.07. The predicted octanol–water partition coefficient (Wildman–Crippen LogP) is 3.64. The Bertz CT molecular complexity index is 874. The molecule has 1 atom stereocenters. The van der Waals surface area contributed by atoms with Gasteiger partial charge < -0.3 is 9.16 Å². The van der Waals surface area contributed by atoms with Gasteiger partial charge in [0.2, 0.25) is 0 Å². The Balaban J connectivity index is 1.97. The molecule has 158 valence electrons. The highest BCUT2D eigenvalue weighted by Crippen LogP contribution is 2.38. The van der Waals surface area contributed by atoms with Crippen LogP contribution in [-0.4, -0.2) is 33.3 Å². The SMILES string of the molecule is CC(=O)OCC1=CC(=O)CC1CO[Si](c1ccccc1)(c1ccccc1)C(C)(C)C. The van der Waals surface area contributed by atoms with E-state index in [2.05, 4.69) is 69.3 Å². The second-order valence-corrected chi connectivity index (χ2v) is 13.1. The molecule has 2 aromatic carbocycles. The van der Waals surface area contributed by atoms with Gasteiger partial charge in [0.15, 0.2) is 5.78 Å². The van der Waals surface area contributed by atoms with Gasteiger partial charge in [-0.05, 0) is 27.1 Å². The van der Waals surface area contributed by atoms with E-state index >= 15 is 0 Å². The molecule has 2 aromatic rings. The van der Waals surface area contributed by atoms with Gasteiger partial charge in [-0.15, -0.1) is 0 Å². The van der Waals surface area contributed by atoms with Crippen LogP contribution in [0.5, 0.6) is 0 Å². The Hall–Kier alpha value is -2.50. The lowest BCUT2D eigenvalue weighted by molar-refractivity contribution is -0.140. The number of rotatable bonds is 7. The second-order valence-electron chi connectivity index (χ2n) is 8.84. The van der Waals surface area contributed by atoms with Crippen molar-refractivity contribution in [3.8, 4) is 0 Å². The number of allylic oxidation sites excluding steroid dienone is 1. The summed E-state index contributed by atoms with van der Waals surface area (Å²) in [6, 6.07) is 20.9. The lowest BCUT2D eigenvalue weighted by Crippen LogP contribution is -2.66. The summed E-state index contributed by atoms with van der Waals surface area (Å²) in [4.78, 5) is 23.4. The minimum absolute atomic E-state index is 0.0631. The predicted molar refractivity (Wildman–Crippen MR) is 121 cm³/mol. The maximum Gasteiger partial charge on any atom is 0.302 e. The molecule has 30 heavy (non-hydrogen) atoms. The largest absolute Gasteiger partial charge is 0.461 e. The summed E-state index contributed by atoms with van der Waals surface area (Å²) < 4.78 is 12.1. The van der Waals surface area contributed by atoms with Crippen LogP contribution in [0.25, 0.3) is 0 Å². The van der Waals surface area contributed by atoms with E-state index in [4.69, 9.17) is 9.16 Å². The van der Waals surface area contributed by atoms with Crippen molar-refractivity contribution in [1.29, 1.82) is 0 Å². The zero-order valence-corrected chi connectivity index (χ0v) is 19.2. The molecule has 1 aliphatic rings. The molecule has 0 heterocycles. The molecule has 4 nitrogen and oxygen atoms in total. The van der Waals surface area contributed by atoms with Gasteiger partial charge in [0.05, 0.1) is 0 Å². The Morgan fingerprint density at radius 3 is 2.00 bits per heavy atom. The van der Waals surface area contributed by atoms with Crippen molar-refractivity contribution in [1.82, 2.24) is 0 Å². The molecule has 5 heteroatoms. The molecule has 0 bridgehead atoms. The minimum atomic E-state index is -2.66. The maximum absolute atomic E-state index is 12.1. The van der Waals surface area contributed by atoms with Gasteiger partial charge in [0, 0.05) is 25.9 Å². The summed E-state index contributed by atoms with van der Waals surface area (Å²) in [5, 5.41) is 2.29. The van der Waals surface area contributed by atoms with E-state index in [0.29, 0.717) is 13.0 Å². The van der Waals surface area contributed by atoms with Crippen LogP contribution >= 0.6 is 0 Å². The van der Waals surface area contributed by atoms with E-state index in [-0.39, 0.29) is 29.3 Å². The zero-order chi connectivity index (χ0) is 21.8. The number of hydrogen-bond acceptors (Lipinski definition) is 4. The van der Waals surface area contributed by atoms with E-state index in [9.17, 15) is 9.59 Å². The van der Waals surface area contributed by atoms with Crippen molar-refractivity contribution >= 4 is 30.4 Å². The molecule has 1 unspecified atom stereocenters. The highest BCUT2D eigenvalue weighted by Gasteiger charge is 2.50. The summed E-state index contributed by atoms with van der Waals surface area (Å²) >= 11 is 0. The smallest absolute Gasteiger partial charge is 0.302 e. The van der Waals surface area contributed by atoms with Crippen LogP contribution in [0.3, 0.4) is 0 Å². The second kappa shape index (κ2) is 9.10. The normalized spacial score (nSPS) is 17.0. The molecule has 0 aromatic heterocycles. The first-order chi connectivity index (χ1) is 14.2. The first-order valence-electron chi connectivity index (χ1n) is 10.4. The van der Waals surface area contributed by atoms with Gasteiger partial charge in [0.25, 0.3) is 8.32 Å². The van der Waals surface area contributed by atoms with E-state index in [1.165, 1.54) is 17.3 Å². The molecular weight excluding hydrogens is 392 g/mol. The number of esters is 1. The molecule has 0 N–H and O–H groups in total. The topological polar surface area (TPSA) is 52.6 Å². The molecule has 0 aliphatic heterocycles. The lowest BCUT2D eigenvalue weighted by Gasteiger charge is -2.43. The summed E-state index contributed by atoms with van der Waals surface area (Å²) in [5.41, 5.74) is 0.841. The molecule has 0 saturated heterocycles. The molecule has 0 saturated carbocycles. The van der Waals surface area contributed by atoms with Crippen molar-refractivity contribution in [2.24, 2.45) is 5.92 Å². The standard InChI is InChI=1S/C25H30O4Si/c1-19(26)28-17-20-15-22(27)16-21(20)18-29-30(25(2,3)4,23-11-7-5-8-12-23)24-13-9-6-10-14-24/h5-15,21H,16-18H2,1-4H3. The number of carbonyl (C=O) groups excluding carboxylic acids is 2. The summed E-state index contributed by atoms with van der Waals surface area (Å²) in [7, 11) is -2.66. The molecule has 0 amide bonds. The fourth-order valence-corrected chi connectivity index (χ4v) is 8.86. The fraction of sp³-hybridized carbons (Fsp3) is 0.360. The number of benzene rings is 2. The molecule has 0 spiro atoms. The summed E-state index contributed by atoms with van der Waals surface area (Å²) in [5.74, 6) is -0.353. The summed E-state index contributed by atoms with van der Waals surface area (Å²) in [6.07, 6.45) is 2.01. The fourth-order valence-electron chi connectivity index (χ4n) is 4.26. The van der Waals surface area contributed by atoms with E-state index in [1.54, 1.807) is 6.08 Å². The van der Waals surface area contributed by atoms with Crippen molar-refractivity contribution in [3.63, 3.8) is 0 Å². The third-order valence-electron chi connectivity index (χ3n) is 5.68. The minimum Gasteiger partial charge on any atom is -0.461 e. The molecule has 1 aliphatic carbocycles. The maximum atomic E-state index is 12.1. The van der Waals surface area contributed by atoms with Crippen LogP contribution in [0, 0.1) is 5.92 Å². The zero-order valence-electron chi connectivity index (χ0n) is 18.2. The molecule has 0 fully saturated rings. The molecular formula is C25H30O4Si. The third kappa shape index (κ3) is 4.63. The van der Waals surface area contributed by atoms with Gasteiger partial charge >= 0.3 is 5.97 Å². The monoisotopic (exact) mass is 422 g/mol. The van der Waals surface area contributed by atoms with E-state index in [1.807, 2.05) is 12.1 Å². The highest BCUT2D eigenvalue weighted by molar-refractivity contribution is 6.99. The molecule has 3 rings (SSSR count). The average molecular weight is 423 g/mol. The van der Waals surface area contributed by atoms with Crippen molar-refractivity contribution < 1.29 is 18.8 Å². The van der Waals surface area contributed by atoms with Gasteiger partial charge in [-0.1, -0.05) is 81.4 Å². The van der Waals surface area contributed by atoms with Crippen molar-refractivity contribution in [2.45, 2.75) is 39.2 Å². The van der Waals surface area contributed by atoms with Gasteiger partial charge in [-0.25, -0.2) is 0 Å². The van der Waals surface area contributed by atoms with Crippen molar-refractivity contribution in [3.05, 3.63) is 72.3 Å². The van der Waals surface area contributed by atoms with Crippen LogP contribution in [0.4, 0.5) is 0 Å². The van der Waals surface area contributed by atoms with Crippen LogP contribution in [0.15, 0.2) is 72.3 Å². The number of ether oxygens (including phenoxy) is 1.